The quantitative estimate of drug-likeness (QED) is 0.309. The smallest absolute Gasteiger partial charge is 1.00 e. The molecule has 0 heterocycles. The minimum atomic E-state index is 0. The summed E-state index contributed by atoms with van der Waals surface area (Å²) in [5, 5.41) is 0. The molecule has 0 spiro atoms. The summed E-state index contributed by atoms with van der Waals surface area (Å²) in [7, 11) is 0. The maximum Gasteiger partial charge on any atom is 1.00 e. The van der Waals surface area contributed by atoms with E-state index in [4.69, 9.17) is 0 Å². The fourth-order valence-electron chi connectivity index (χ4n) is 0.691. The zero-order valence-corrected chi connectivity index (χ0v) is 8.66. The third-order valence-electron chi connectivity index (χ3n) is 1.23. The summed E-state index contributed by atoms with van der Waals surface area (Å²) in [6.45, 7) is 2.22. The molecule has 0 saturated heterocycles. The van der Waals surface area contributed by atoms with E-state index in [9.17, 15) is 0 Å². The van der Waals surface area contributed by atoms with Crippen LogP contribution in [-0.2, 0) is 0 Å². The average Bonchev–Trinajstić information content (AvgIpc) is 1.89. The van der Waals surface area contributed by atoms with Gasteiger partial charge in [0.2, 0.25) is 0 Å². The molecule has 0 unspecified atom stereocenters. The van der Waals surface area contributed by atoms with Gasteiger partial charge in [0.1, 0.15) is 0 Å². The molecule has 0 fully saturated rings. The van der Waals surface area contributed by atoms with E-state index in [1.807, 2.05) is 0 Å². The van der Waals surface area contributed by atoms with Crippen molar-refractivity contribution in [2.24, 2.45) is 0 Å². The van der Waals surface area contributed by atoms with Crippen molar-refractivity contribution in [3.63, 3.8) is 0 Å². The van der Waals surface area contributed by atoms with Crippen molar-refractivity contribution in [3.05, 3.63) is 0 Å². The predicted molar refractivity (Wildman–Crippen MR) is 42.3 cm³/mol. The van der Waals surface area contributed by atoms with Crippen LogP contribution in [0.15, 0.2) is 0 Å². The molecule has 0 radical (unpaired) electrons. The normalized spacial score (nSPS) is 7.30. The summed E-state index contributed by atoms with van der Waals surface area (Å²) in [5.74, 6) is 3.00. The molecule has 2 heteroatoms. The van der Waals surface area contributed by atoms with Gasteiger partial charge in [0.25, 0.3) is 0 Å². The standard InChI is InChI=1S/C8H14Se.Li/c1-2-3-4-5-6-7-8-9;/h9H,2-6H2,1H3;/q;+1/p-1. The van der Waals surface area contributed by atoms with Gasteiger partial charge in [-0.25, -0.2) is 0 Å². The largest absolute Gasteiger partial charge is 1.00 e. The van der Waals surface area contributed by atoms with Gasteiger partial charge in [-0.2, -0.15) is 0 Å². The van der Waals surface area contributed by atoms with Gasteiger partial charge in [-0.3, -0.25) is 0 Å². The second-order valence-corrected chi connectivity index (χ2v) is 2.52. The Balaban J connectivity index is 0. The molecule has 0 aromatic heterocycles. The molecule has 52 valence electrons. The van der Waals surface area contributed by atoms with Crippen LogP contribution in [0.3, 0.4) is 0 Å². The van der Waals surface area contributed by atoms with Crippen molar-refractivity contribution in [1.82, 2.24) is 0 Å². The molecule has 0 bridgehead atoms. The SMILES string of the molecule is CCCCCCC#C[Se-].[Li+]. The fourth-order valence-corrected chi connectivity index (χ4v) is 0.905. The third-order valence-corrected chi connectivity index (χ3v) is 1.53. The van der Waals surface area contributed by atoms with Gasteiger partial charge in [0.15, 0.2) is 0 Å². The Labute approximate surface area is 84.5 Å². The van der Waals surface area contributed by atoms with Crippen molar-refractivity contribution in [3.8, 4) is 10.7 Å². The molecule has 0 aromatic carbocycles. The van der Waals surface area contributed by atoms with Crippen molar-refractivity contribution < 1.29 is 18.9 Å². The van der Waals surface area contributed by atoms with Crippen molar-refractivity contribution >= 4 is 16.0 Å². The zero-order chi connectivity index (χ0) is 6.95. The minimum Gasteiger partial charge on any atom is 1.00 e. The summed E-state index contributed by atoms with van der Waals surface area (Å²) in [6.07, 6.45) is 6.33. The summed E-state index contributed by atoms with van der Waals surface area (Å²) >= 11 is 2.67. The number of rotatable bonds is 4. The van der Waals surface area contributed by atoms with E-state index in [0.717, 1.165) is 6.42 Å². The van der Waals surface area contributed by atoms with Crippen LogP contribution < -0.4 is 18.9 Å². The molecule has 0 aliphatic rings. The first-order valence-electron chi connectivity index (χ1n) is 3.51. The Morgan fingerprint density at radius 2 is 1.90 bits per heavy atom. The van der Waals surface area contributed by atoms with Crippen LogP contribution in [0, 0.1) is 10.7 Å². The zero-order valence-electron chi connectivity index (χ0n) is 6.94. The van der Waals surface area contributed by atoms with Crippen LogP contribution in [0.2, 0.25) is 0 Å². The van der Waals surface area contributed by atoms with E-state index < -0.39 is 0 Å². The van der Waals surface area contributed by atoms with Crippen molar-refractivity contribution in [2.45, 2.75) is 39.0 Å². The Morgan fingerprint density at radius 3 is 2.40 bits per heavy atom. The van der Waals surface area contributed by atoms with Gasteiger partial charge in [-0.1, -0.05) is 0 Å². The number of hydrogen-bond donors (Lipinski definition) is 0. The predicted octanol–water partition coefficient (Wildman–Crippen LogP) is -0.910. The van der Waals surface area contributed by atoms with Gasteiger partial charge in [0.05, 0.1) is 0 Å². The van der Waals surface area contributed by atoms with Crippen LogP contribution >= 0.6 is 0 Å². The number of unbranched alkanes of at least 4 members (excludes halogenated alkanes) is 4. The van der Waals surface area contributed by atoms with E-state index in [2.05, 4.69) is 33.7 Å². The molecular formula is C8H13LiSe. The van der Waals surface area contributed by atoms with Crippen LogP contribution in [0.25, 0.3) is 0 Å². The van der Waals surface area contributed by atoms with Crippen LogP contribution in [0.5, 0.6) is 0 Å². The van der Waals surface area contributed by atoms with Crippen LogP contribution in [0.4, 0.5) is 0 Å². The molecule has 0 nitrogen and oxygen atoms in total. The van der Waals surface area contributed by atoms with Crippen molar-refractivity contribution in [1.29, 1.82) is 0 Å². The molecule has 0 saturated carbocycles. The van der Waals surface area contributed by atoms with Crippen LogP contribution in [0.1, 0.15) is 39.0 Å². The maximum atomic E-state index is 3.00. The van der Waals surface area contributed by atoms with Crippen LogP contribution in [-0.4, -0.2) is 16.0 Å². The number of hydrogen-bond acceptors (Lipinski definition) is 0. The third kappa shape index (κ3) is 11.5. The second kappa shape index (κ2) is 12.4. The molecule has 0 N–H and O–H groups in total. The molecule has 0 aromatic rings. The topological polar surface area (TPSA) is 0 Å². The molecule has 0 amide bonds. The van der Waals surface area contributed by atoms with E-state index in [1.54, 1.807) is 0 Å². The van der Waals surface area contributed by atoms with E-state index >= 15 is 0 Å². The molecule has 0 atom stereocenters. The Bertz CT molecular complexity index is 102. The summed E-state index contributed by atoms with van der Waals surface area (Å²) in [5.41, 5.74) is 0. The van der Waals surface area contributed by atoms with Gasteiger partial charge in [0, 0.05) is 0 Å². The minimum absolute atomic E-state index is 0. The van der Waals surface area contributed by atoms with Gasteiger partial charge >= 0.3 is 84.6 Å². The van der Waals surface area contributed by atoms with E-state index in [-0.39, 0.29) is 18.9 Å². The first-order valence-corrected chi connectivity index (χ1v) is 4.37. The summed E-state index contributed by atoms with van der Waals surface area (Å²) < 4.78 is 0. The first kappa shape index (κ1) is 13.3. The molecule has 10 heavy (non-hydrogen) atoms. The van der Waals surface area contributed by atoms with Gasteiger partial charge < -0.3 is 0 Å². The second-order valence-electron chi connectivity index (χ2n) is 2.09. The Hall–Kier alpha value is 0.677. The van der Waals surface area contributed by atoms with Gasteiger partial charge in [-0.05, 0) is 0 Å². The average molecular weight is 195 g/mol. The van der Waals surface area contributed by atoms with E-state index in [0.29, 0.717) is 0 Å². The monoisotopic (exact) mass is 196 g/mol. The maximum absolute atomic E-state index is 3.00. The summed E-state index contributed by atoms with van der Waals surface area (Å²) in [6, 6.07) is 0. The molecule has 0 aliphatic carbocycles. The summed E-state index contributed by atoms with van der Waals surface area (Å²) in [4.78, 5) is 2.77. The molecule has 0 rings (SSSR count). The molecule has 0 aliphatic heterocycles. The Kier molecular flexibility index (Phi) is 16.4. The molecular weight excluding hydrogens is 182 g/mol. The van der Waals surface area contributed by atoms with E-state index in [1.165, 1.54) is 25.7 Å². The van der Waals surface area contributed by atoms with Gasteiger partial charge in [-0.15, -0.1) is 0 Å². The fraction of sp³-hybridized carbons (Fsp3) is 0.750. The first-order chi connectivity index (χ1) is 4.41. The van der Waals surface area contributed by atoms with Crippen molar-refractivity contribution in [2.75, 3.05) is 0 Å². The Morgan fingerprint density at radius 1 is 1.20 bits per heavy atom.